The number of aliphatic hydroxyl groups is 1. The summed E-state index contributed by atoms with van der Waals surface area (Å²) in [7, 11) is 0. The zero-order valence-corrected chi connectivity index (χ0v) is 11.8. The lowest BCUT2D eigenvalue weighted by molar-refractivity contribution is -0.157. The van der Waals surface area contributed by atoms with Gasteiger partial charge in [0.2, 0.25) is 5.91 Å². The van der Waals surface area contributed by atoms with E-state index in [1.54, 1.807) is 25.7 Å². The molecule has 0 saturated carbocycles. The summed E-state index contributed by atoms with van der Waals surface area (Å²) in [6.07, 6.45) is -0.108. The van der Waals surface area contributed by atoms with Crippen molar-refractivity contribution in [2.45, 2.75) is 45.3 Å². The highest BCUT2D eigenvalue weighted by Crippen LogP contribution is 2.11. The Morgan fingerprint density at radius 3 is 2.63 bits per heavy atom. The molecule has 1 aliphatic rings. The summed E-state index contributed by atoms with van der Waals surface area (Å²) < 4.78 is 10.4. The molecule has 0 aromatic heterocycles. The van der Waals surface area contributed by atoms with E-state index in [2.05, 4.69) is 0 Å². The van der Waals surface area contributed by atoms with Crippen LogP contribution in [0.2, 0.25) is 0 Å². The quantitative estimate of drug-likeness (QED) is 0.747. The predicted molar refractivity (Wildman–Crippen MR) is 68.5 cm³/mol. The zero-order chi connectivity index (χ0) is 14.5. The second-order valence-corrected chi connectivity index (χ2v) is 5.60. The summed E-state index contributed by atoms with van der Waals surface area (Å²) in [4.78, 5) is 25.0. The van der Waals surface area contributed by atoms with Gasteiger partial charge in [0.15, 0.2) is 0 Å². The van der Waals surface area contributed by atoms with Crippen molar-refractivity contribution in [1.82, 2.24) is 4.90 Å². The summed E-state index contributed by atoms with van der Waals surface area (Å²) in [6.45, 7) is 6.58. The maximum absolute atomic E-state index is 11.9. The zero-order valence-electron chi connectivity index (χ0n) is 11.8. The molecule has 1 unspecified atom stereocenters. The Hall–Kier alpha value is -1.14. The van der Waals surface area contributed by atoms with Crippen LogP contribution in [0.4, 0.5) is 0 Å². The number of rotatable bonds is 4. The molecule has 0 aromatic rings. The van der Waals surface area contributed by atoms with E-state index in [-0.39, 0.29) is 37.4 Å². The van der Waals surface area contributed by atoms with Crippen LogP contribution in [0, 0.1) is 0 Å². The van der Waals surface area contributed by atoms with E-state index in [0.717, 1.165) is 0 Å². The van der Waals surface area contributed by atoms with Crippen molar-refractivity contribution in [3.63, 3.8) is 0 Å². The van der Waals surface area contributed by atoms with Gasteiger partial charge in [-0.3, -0.25) is 9.59 Å². The van der Waals surface area contributed by atoms with Crippen molar-refractivity contribution < 1.29 is 24.2 Å². The highest BCUT2D eigenvalue weighted by molar-refractivity contribution is 5.81. The third-order valence-electron chi connectivity index (χ3n) is 2.66. The number of aliphatic hydroxyl groups excluding tert-OH is 1. The number of amides is 1. The summed E-state index contributed by atoms with van der Waals surface area (Å²) >= 11 is 0. The number of carbonyl (C=O) groups is 2. The van der Waals surface area contributed by atoms with E-state index >= 15 is 0 Å². The normalized spacial score (nSPS) is 20.2. The van der Waals surface area contributed by atoms with Gasteiger partial charge in [-0.1, -0.05) is 0 Å². The molecule has 0 aromatic carbocycles. The summed E-state index contributed by atoms with van der Waals surface area (Å²) in [6, 6.07) is 0. The Kier molecular flexibility index (Phi) is 5.75. The molecule has 1 aliphatic heterocycles. The maximum Gasteiger partial charge on any atom is 0.306 e. The molecule has 0 aliphatic carbocycles. The standard InChI is InChI=1S/C13H23NO5/c1-13(2,3)19-12(17)5-4-11(16)14-6-7-18-10(8-14)9-15/h10,15H,4-9H2,1-3H3. The molecule has 1 heterocycles. The molecule has 0 bridgehead atoms. The smallest absolute Gasteiger partial charge is 0.306 e. The van der Waals surface area contributed by atoms with Gasteiger partial charge in [-0.25, -0.2) is 0 Å². The molecule has 19 heavy (non-hydrogen) atoms. The van der Waals surface area contributed by atoms with Crippen LogP contribution in [-0.2, 0) is 19.1 Å². The fourth-order valence-electron chi connectivity index (χ4n) is 1.82. The van der Waals surface area contributed by atoms with Crippen molar-refractivity contribution in [2.75, 3.05) is 26.3 Å². The minimum atomic E-state index is -0.527. The Bertz CT molecular complexity index is 323. The first-order valence-electron chi connectivity index (χ1n) is 6.54. The fraction of sp³-hybridized carbons (Fsp3) is 0.846. The largest absolute Gasteiger partial charge is 0.460 e. The van der Waals surface area contributed by atoms with E-state index < -0.39 is 5.60 Å². The van der Waals surface area contributed by atoms with Crippen LogP contribution in [0.15, 0.2) is 0 Å². The Morgan fingerprint density at radius 2 is 2.05 bits per heavy atom. The van der Waals surface area contributed by atoms with Gasteiger partial charge < -0.3 is 19.5 Å². The number of carbonyl (C=O) groups excluding carboxylic acids is 2. The molecule has 6 nitrogen and oxygen atoms in total. The SMILES string of the molecule is CC(C)(C)OC(=O)CCC(=O)N1CCOC(CO)C1. The fourth-order valence-corrected chi connectivity index (χ4v) is 1.82. The second kappa shape index (κ2) is 6.86. The van der Waals surface area contributed by atoms with Gasteiger partial charge in [-0.2, -0.15) is 0 Å². The van der Waals surface area contributed by atoms with Gasteiger partial charge >= 0.3 is 5.97 Å². The summed E-state index contributed by atoms with van der Waals surface area (Å²) in [5, 5.41) is 9.00. The molecule has 110 valence electrons. The molecular weight excluding hydrogens is 250 g/mol. The van der Waals surface area contributed by atoms with E-state index in [4.69, 9.17) is 14.6 Å². The lowest BCUT2D eigenvalue weighted by Gasteiger charge is -2.32. The monoisotopic (exact) mass is 273 g/mol. The van der Waals surface area contributed by atoms with Crippen LogP contribution in [0.25, 0.3) is 0 Å². The van der Waals surface area contributed by atoms with Crippen molar-refractivity contribution >= 4 is 11.9 Å². The average molecular weight is 273 g/mol. The number of ether oxygens (including phenoxy) is 2. The van der Waals surface area contributed by atoms with Crippen LogP contribution >= 0.6 is 0 Å². The topological polar surface area (TPSA) is 76.1 Å². The van der Waals surface area contributed by atoms with Gasteiger partial charge in [0.25, 0.3) is 0 Å². The lowest BCUT2D eigenvalue weighted by atomic mass is 10.2. The lowest BCUT2D eigenvalue weighted by Crippen LogP contribution is -2.47. The molecule has 1 N–H and O–H groups in total. The number of morpholine rings is 1. The first-order chi connectivity index (χ1) is 8.81. The Labute approximate surface area is 113 Å². The molecule has 1 fully saturated rings. The summed E-state index contributed by atoms with van der Waals surface area (Å²) in [5.74, 6) is -0.472. The minimum absolute atomic E-state index is 0.0806. The first-order valence-corrected chi connectivity index (χ1v) is 6.54. The predicted octanol–water partition coefficient (Wildman–Crippen LogP) is 0.328. The van der Waals surface area contributed by atoms with Crippen LogP contribution in [0.5, 0.6) is 0 Å². The van der Waals surface area contributed by atoms with Gasteiger partial charge in [-0.15, -0.1) is 0 Å². The minimum Gasteiger partial charge on any atom is -0.460 e. The Balaban J connectivity index is 2.33. The maximum atomic E-state index is 11.9. The van der Waals surface area contributed by atoms with Crippen molar-refractivity contribution in [3.8, 4) is 0 Å². The second-order valence-electron chi connectivity index (χ2n) is 5.60. The van der Waals surface area contributed by atoms with E-state index in [1.807, 2.05) is 0 Å². The van der Waals surface area contributed by atoms with Gasteiger partial charge in [0.1, 0.15) is 5.60 Å². The third kappa shape index (κ3) is 6.02. The Morgan fingerprint density at radius 1 is 1.37 bits per heavy atom. The number of esters is 1. The molecule has 1 atom stereocenters. The van der Waals surface area contributed by atoms with Crippen molar-refractivity contribution in [2.24, 2.45) is 0 Å². The summed E-state index contributed by atoms with van der Waals surface area (Å²) in [5.41, 5.74) is -0.527. The van der Waals surface area contributed by atoms with Crippen LogP contribution in [0.1, 0.15) is 33.6 Å². The highest BCUT2D eigenvalue weighted by atomic mass is 16.6. The molecule has 0 spiro atoms. The molecule has 1 saturated heterocycles. The van der Waals surface area contributed by atoms with E-state index in [9.17, 15) is 9.59 Å². The van der Waals surface area contributed by atoms with Crippen LogP contribution < -0.4 is 0 Å². The number of hydrogen-bond donors (Lipinski definition) is 1. The number of nitrogens with zero attached hydrogens (tertiary/aromatic N) is 1. The van der Waals surface area contributed by atoms with Crippen molar-refractivity contribution in [1.29, 1.82) is 0 Å². The van der Waals surface area contributed by atoms with Crippen LogP contribution in [0.3, 0.4) is 0 Å². The van der Waals surface area contributed by atoms with Crippen LogP contribution in [-0.4, -0.2) is 59.9 Å². The van der Waals surface area contributed by atoms with Crippen molar-refractivity contribution in [3.05, 3.63) is 0 Å². The molecule has 0 radical (unpaired) electrons. The third-order valence-corrected chi connectivity index (χ3v) is 2.66. The molecule has 6 heteroatoms. The highest BCUT2D eigenvalue weighted by Gasteiger charge is 2.24. The van der Waals surface area contributed by atoms with Gasteiger partial charge in [0.05, 0.1) is 25.7 Å². The van der Waals surface area contributed by atoms with Gasteiger partial charge in [0, 0.05) is 19.5 Å². The van der Waals surface area contributed by atoms with E-state index in [0.29, 0.717) is 19.7 Å². The molecule has 1 amide bonds. The van der Waals surface area contributed by atoms with E-state index in [1.165, 1.54) is 0 Å². The molecular formula is C13H23NO5. The average Bonchev–Trinajstić information content (AvgIpc) is 2.34. The van der Waals surface area contributed by atoms with Gasteiger partial charge in [-0.05, 0) is 20.8 Å². The molecule has 1 rings (SSSR count). The first kappa shape index (κ1) is 15.9. The number of hydrogen-bond acceptors (Lipinski definition) is 5.